The lowest BCUT2D eigenvalue weighted by Crippen LogP contribution is -2.38. The lowest BCUT2D eigenvalue weighted by atomic mass is 10.1. The molecule has 0 bridgehead atoms. The largest absolute Gasteiger partial charge is 0.345 e. The molecule has 0 atom stereocenters. The van der Waals surface area contributed by atoms with Crippen LogP contribution in [0.15, 0.2) is 28.7 Å². The standard InChI is InChI=1S/C11H13BrN2O/c12-9-3-1-8(2-4-9)11(5-6-11)14-10(15)7-13/h1-4H,5-7,13H2,(H,14,15). The lowest BCUT2D eigenvalue weighted by molar-refractivity contribution is -0.120. The smallest absolute Gasteiger partial charge is 0.234 e. The van der Waals surface area contributed by atoms with Crippen LogP contribution in [-0.2, 0) is 10.3 Å². The number of halogens is 1. The molecule has 1 amide bonds. The summed E-state index contributed by atoms with van der Waals surface area (Å²) in [5, 5.41) is 2.97. The molecule has 0 spiro atoms. The number of nitrogens with two attached hydrogens (primary N) is 1. The molecule has 80 valence electrons. The normalized spacial score (nSPS) is 17.2. The molecule has 3 nitrogen and oxygen atoms in total. The Morgan fingerprint density at radius 1 is 1.40 bits per heavy atom. The fraction of sp³-hybridized carbons (Fsp3) is 0.364. The summed E-state index contributed by atoms with van der Waals surface area (Å²) >= 11 is 3.39. The number of amides is 1. The summed E-state index contributed by atoms with van der Waals surface area (Å²) in [7, 11) is 0. The van der Waals surface area contributed by atoms with Gasteiger partial charge in [0.1, 0.15) is 0 Å². The zero-order valence-corrected chi connectivity index (χ0v) is 9.88. The summed E-state index contributed by atoms with van der Waals surface area (Å²) in [5.41, 5.74) is 6.31. The molecule has 4 heteroatoms. The highest BCUT2D eigenvalue weighted by Gasteiger charge is 2.45. The van der Waals surface area contributed by atoms with Gasteiger partial charge in [0.15, 0.2) is 0 Å². The summed E-state index contributed by atoms with van der Waals surface area (Å²) in [4.78, 5) is 11.3. The zero-order valence-electron chi connectivity index (χ0n) is 8.29. The predicted octanol–water partition coefficient (Wildman–Crippen LogP) is 1.51. The minimum absolute atomic E-state index is 0.0538. The Morgan fingerprint density at radius 2 is 2.00 bits per heavy atom. The molecule has 0 heterocycles. The van der Waals surface area contributed by atoms with E-state index in [-0.39, 0.29) is 18.0 Å². The van der Waals surface area contributed by atoms with Crippen LogP contribution >= 0.6 is 15.9 Å². The minimum atomic E-state index is -0.142. The van der Waals surface area contributed by atoms with Crippen molar-refractivity contribution >= 4 is 21.8 Å². The van der Waals surface area contributed by atoms with Crippen molar-refractivity contribution in [3.8, 4) is 0 Å². The minimum Gasteiger partial charge on any atom is -0.345 e. The first kappa shape index (κ1) is 10.6. The summed E-state index contributed by atoms with van der Waals surface area (Å²) in [6.07, 6.45) is 2.00. The lowest BCUT2D eigenvalue weighted by Gasteiger charge is -2.17. The van der Waals surface area contributed by atoms with E-state index >= 15 is 0 Å². The highest BCUT2D eigenvalue weighted by atomic mass is 79.9. The van der Waals surface area contributed by atoms with E-state index in [0.29, 0.717) is 0 Å². The Bertz CT molecular complexity index is 371. The molecule has 0 saturated heterocycles. The van der Waals surface area contributed by atoms with Gasteiger partial charge in [-0.1, -0.05) is 28.1 Å². The van der Waals surface area contributed by atoms with Gasteiger partial charge in [0.25, 0.3) is 0 Å². The van der Waals surface area contributed by atoms with Gasteiger partial charge in [-0.25, -0.2) is 0 Å². The first-order valence-corrected chi connectivity index (χ1v) is 5.73. The third kappa shape index (κ3) is 2.21. The maximum Gasteiger partial charge on any atom is 0.234 e. The Labute approximate surface area is 97.2 Å². The average Bonchev–Trinajstić information content (AvgIpc) is 3.00. The molecule has 1 fully saturated rings. The Hall–Kier alpha value is -0.870. The third-order valence-corrected chi connectivity index (χ3v) is 3.24. The molecular weight excluding hydrogens is 256 g/mol. The van der Waals surface area contributed by atoms with Crippen LogP contribution < -0.4 is 11.1 Å². The van der Waals surface area contributed by atoms with E-state index in [4.69, 9.17) is 5.73 Å². The molecule has 3 N–H and O–H groups in total. The predicted molar refractivity (Wildman–Crippen MR) is 62.3 cm³/mol. The van der Waals surface area contributed by atoms with Gasteiger partial charge in [-0.3, -0.25) is 4.79 Å². The van der Waals surface area contributed by atoms with E-state index in [9.17, 15) is 4.79 Å². The van der Waals surface area contributed by atoms with Crippen molar-refractivity contribution in [1.29, 1.82) is 0 Å². The molecule has 15 heavy (non-hydrogen) atoms. The second-order valence-electron chi connectivity index (χ2n) is 3.84. The van der Waals surface area contributed by atoms with Gasteiger partial charge in [0.2, 0.25) is 5.91 Å². The van der Waals surface area contributed by atoms with E-state index in [1.54, 1.807) is 0 Å². The molecule has 1 aliphatic carbocycles. The van der Waals surface area contributed by atoms with Crippen LogP contribution in [0.1, 0.15) is 18.4 Å². The maximum atomic E-state index is 11.3. The quantitative estimate of drug-likeness (QED) is 0.874. The van der Waals surface area contributed by atoms with Gasteiger partial charge in [0.05, 0.1) is 12.1 Å². The van der Waals surface area contributed by atoms with E-state index in [0.717, 1.165) is 22.9 Å². The fourth-order valence-electron chi connectivity index (χ4n) is 1.70. The van der Waals surface area contributed by atoms with Crippen molar-refractivity contribution in [2.75, 3.05) is 6.54 Å². The fourth-order valence-corrected chi connectivity index (χ4v) is 1.96. The summed E-state index contributed by atoms with van der Waals surface area (Å²) in [5.74, 6) is -0.0876. The monoisotopic (exact) mass is 268 g/mol. The van der Waals surface area contributed by atoms with E-state index < -0.39 is 0 Å². The van der Waals surface area contributed by atoms with Crippen LogP contribution in [0.5, 0.6) is 0 Å². The van der Waals surface area contributed by atoms with E-state index in [2.05, 4.69) is 21.2 Å². The molecule has 0 radical (unpaired) electrons. The van der Waals surface area contributed by atoms with Gasteiger partial charge in [-0.2, -0.15) is 0 Å². The second-order valence-corrected chi connectivity index (χ2v) is 4.76. The number of hydrogen-bond donors (Lipinski definition) is 2. The van der Waals surface area contributed by atoms with E-state index in [1.807, 2.05) is 24.3 Å². The molecule has 2 rings (SSSR count). The molecule has 0 aromatic heterocycles. The maximum absolute atomic E-state index is 11.3. The number of hydrogen-bond acceptors (Lipinski definition) is 2. The molecular formula is C11H13BrN2O. The summed E-state index contributed by atoms with van der Waals surface area (Å²) in [6, 6.07) is 8.05. The van der Waals surface area contributed by atoms with Gasteiger partial charge in [-0.15, -0.1) is 0 Å². The molecule has 1 aromatic carbocycles. The zero-order chi connectivity index (χ0) is 10.9. The van der Waals surface area contributed by atoms with Gasteiger partial charge in [-0.05, 0) is 30.5 Å². The average molecular weight is 269 g/mol. The van der Waals surface area contributed by atoms with Crippen LogP contribution in [0.4, 0.5) is 0 Å². The van der Waals surface area contributed by atoms with Crippen LogP contribution in [0.25, 0.3) is 0 Å². The summed E-state index contributed by atoms with van der Waals surface area (Å²) in [6.45, 7) is 0.0538. The van der Waals surface area contributed by atoms with Crippen molar-refractivity contribution in [3.63, 3.8) is 0 Å². The van der Waals surface area contributed by atoms with E-state index in [1.165, 1.54) is 0 Å². The van der Waals surface area contributed by atoms with Gasteiger partial charge >= 0.3 is 0 Å². The molecule has 1 aromatic rings. The molecule has 0 aliphatic heterocycles. The number of rotatable bonds is 3. The van der Waals surface area contributed by atoms with Crippen molar-refractivity contribution in [3.05, 3.63) is 34.3 Å². The Balaban J connectivity index is 2.16. The number of benzene rings is 1. The van der Waals surface area contributed by atoms with Crippen molar-refractivity contribution < 1.29 is 4.79 Å². The summed E-state index contributed by atoms with van der Waals surface area (Å²) < 4.78 is 1.05. The molecule has 1 aliphatic rings. The SMILES string of the molecule is NCC(=O)NC1(c2ccc(Br)cc2)CC1. The Morgan fingerprint density at radius 3 is 2.47 bits per heavy atom. The van der Waals surface area contributed by atoms with Crippen molar-refractivity contribution in [2.45, 2.75) is 18.4 Å². The first-order valence-electron chi connectivity index (χ1n) is 4.93. The van der Waals surface area contributed by atoms with Crippen molar-refractivity contribution in [2.24, 2.45) is 5.73 Å². The van der Waals surface area contributed by atoms with Crippen LogP contribution in [0.2, 0.25) is 0 Å². The Kier molecular flexibility index (Phi) is 2.80. The molecule has 0 unspecified atom stereocenters. The number of carbonyl (C=O) groups excluding carboxylic acids is 1. The third-order valence-electron chi connectivity index (χ3n) is 2.71. The van der Waals surface area contributed by atoms with Gasteiger partial charge < -0.3 is 11.1 Å². The van der Waals surface area contributed by atoms with Gasteiger partial charge in [0, 0.05) is 4.47 Å². The van der Waals surface area contributed by atoms with Crippen LogP contribution in [0.3, 0.4) is 0 Å². The number of carbonyl (C=O) groups is 1. The highest BCUT2D eigenvalue weighted by molar-refractivity contribution is 9.10. The van der Waals surface area contributed by atoms with Crippen molar-refractivity contribution in [1.82, 2.24) is 5.32 Å². The van der Waals surface area contributed by atoms with Crippen LogP contribution in [0, 0.1) is 0 Å². The topological polar surface area (TPSA) is 55.1 Å². The highest BCUT2D eigenvalue weighted by Crippen LogP contribution is 2.45. The number of nitrogens with one attached hydrogen (secondary N) is 1. The molecule has 1 saturated carbocycles. The van der Waals surface area contributed by atoms with Crippen LogP contribution in [-0.4, -0.2) is 12.5 Å². The first-order chi connectivity index (χ1) is 7.16. The second kappa shape index (κ2) is 3.94.